The molecule has 0 saturated heterocycles. The second-order valence-corrected chi connectivity index (χ2v) is 11.7. The van der Waals surface area contributed by atoms with Gasteiger partial charge >= 0.3 is 0 Å². The molecule has 0 amide bonds. The SMILES string of the molecule is C=C=N[Si]1(C)Cc2ccc3ccccc3c2-c2c(ccc3ccccc23)C1. The van der Waals surface area contributed by atoms with Gasteiger partial charge < -0.3 is 0 Å². The standard InChI is InChI=1S/C25H21NSi/c1-3-26-27(2)16-20-14-12-18-8-4-6-10-22(18)24(20)25-21(17-27)15-13-19-9-5-7-11-23(19)25/h4-15H,1,16-17H2,2H3. The zero-order valence-corrected chi connectivity index (χ0v) is 16.5. The molecule has 4 aromatic carbocycles. The van der Waals surface area contributed by atoms with E-state index in [1.165, 1.54) is 43.8 Å². The Kier molecular flexibility index (Phi) is 3.65. The van der Waals surface area contributed by atoms with Crippen molar-refractivity contribution in [2.24, 2.45) is 4.66 Å². The van der Waals surface area contributed by atoms with Crippen LogP contribution in [0, 0.1) is 0 Å². The van der Waals surface area contributed by atoms with Crippen molar-refractivity contribution < 1.29 is 0 Å². The van der Waals surface area contributed by atoms with Crippen LogP contribution in [0.2, 0.25) is 6.55 Å². The molecule has 0 N–H and O–H groups in total. The molecule has 27 heavy (non-hydrogen) atoms. The fourth-order valence-corrected chi connectivity index (χ4v) is 7.57. The number of nitrogens with zero attached hydrogens (tertiary/aromatic N) is 1. The lowest BCUT2D eigenvalue weighted by Gasteiger charge is -2.19. The molecule has 0 aromatic heterocycles. The van der Waals surface area contributed by atoms with Crippen molar-refractivity contribution in [1.29, 1.82) is 0 Å². The zero-order chi connectivity index (χ0) is 18.4. The summed E-state index contributed by atoms with van der Waals surface area (Å²) >= 11 is 0. The largest absolute Gasteiger partial charge is 0.283 e. The molecular weight excluding hydrogens is 342 g/mol. The monoisotopic (exact) mass is 363 g/mol. The Morgan fingerprint density at radius 2 is 1.22 bits per heavy atom. The third-order valence-corrected chi connectivity index (χ3v) is 8.76. The summed E-state index contributed by atoms with van der Waals surface area (Å²) in [7, 11) is -1.91. The molecule has 1 nitrogen and oxygen atoms in total. The number of benzene rings is 4. The molecule has 0 unspecified atom stereocenters. The lowest BCUT2D eigenvalue weighted by Crippen LogP contribution is -2.34. The highest BCUT2D eigenvalue weighted by Gasteiger charge is 2.34. The number of fused-ring (bicyclic) bond motifs is 7. The second-order valence-electron chi connectivity index (χ2n) is 7.76. The van der Waals surface area contributed by atoms with Crippen LogP contribution in [0.4, 0.5) is 0 Å². The second kappa shape index (κ2) is 6.06. The van der Waals surface area contributed by atoms with E-state index in [4.69, 9.17) is 4.66 Å². The van der Waals surface area contributed by atoms with Crippen LogP contribution >= 0.6 is 0 Å². The van der Waals surface area contributed by atoms with Gasteiger partial charge in [0.2, 0.25) is 0 Å². The van der Waals surface area contributed by atoms with Crippen LogP contribution in [0.25, 0.3) is 32.7 Å². The predicted molar refractivity (Wildman–Crippen MR) is 119 cm³/mol. The zero-order valence-electron chi connectivity index (χ0n) is 15.5. The van der Waals surface area contributed by atoms with Gasteiger partial charge in [0.1, 0.15) is 0 Å². The van der Waals surface area contributed by atoms with E-state index in [9.17, 15) is 0 Å². The van der Waals surface area contributed by atoms with Crippen molar-refractivity contribution in [1.82, 2.24) is 0 Å². The fourth-order valence-electron chi connectivity index (χ4n) is 4.67. The van der Waals surface area contributed by atoms with Crippen LogP contribution in [0.3, 0.4) is 0 Å². The molecule has 0 bridgehead atoms. The van der Waals surface area contributed by atoms with Crippen molar-refractivity contribution in [3.8, 4) is 11.1 Å². The van der Waals surface area contributed by atoms with Gasteiger partial charge in [-0.2, -0.15) is 0 Å². The number of hydrogen-bond donors (Lipinski definition) is 0. The topological polar surface area (TPSA) is 12.4 Å². The molecule has 0 radical (unpaired) electrons. The summed E-state index contributed by atoms with van der Waals surface area (Å²) in [6, 6.07) is 28.7. The minimum absolute atomic E-state index is 1.03. The Hall–Kier alpha value is -2.93. The van der Waals surface area contributed by atoms with Crippen LogP contribution in [0.1, 0.15) is 11.1 Å². The summed E-state index contributed by atoms with van der Waals surface area (Å²) in [6.07, 6.45) is 0. The molecule has 4 aromatic rings. The summed E-state index contributed by atoms with van der Waals surface area (Å²) < 4.78 is 4.81. The molecule has 5 rings (SSSR count). The first-order valence-corrected chi connectivity index (χ1v) is 12.3. The van der Waals surface area contributed by atoms with Crippen molar-refractivity contribution in [2.45, 2.75) is 18.6 Å². The average molecular weight is 364 g/mol. The van der Waals surface area contributed by atoms with Gasteiger partial charge in [0.05, 0.1) is 0 Å². The first-order valence-electron chi connectivity index (χ1n) is 9.44. The van der Waals surface area contributed by atoms with E-state index in [1.54, 1.807) is 0 Å². The van der Waals surface area contributed by atoms with Crippen LogP contribution in [0.15, 0.2) is 84.0 Å². The molecular formula is C25H21NSi. The van der Waals surface area contributed by atoms with E-state index in [-0.39, 0.29) is 0 Å². The molecule has 0 aliphatic carbocycles. The van der Waals surface area contributed by atoms with Gasteiger partial charge in [-0.25, -0.2) is 0 Å². The first-order chi connectivity index (χ1) is 13.2. The predicted octanol–water partition coefficient (Wildman–Crippen LogP) is 6.27. The van der Waals surface area contributed by atoms with Gasteiger partial charge in [-0.3, -0.25) is 4.66 Å². The van der Waals surface area contributed by atoms with Crippen molar-refractivity contribution in [2.75, 3.05) is 0 Å². The van der Waals surface area contributed by atoms with Crippen molar-refractivity contribution in [3.05, 3.63) is 90.5 Å². The third kappa shape index (κ3) is 2.57. The van der Waals surface area contributed by atoms with E-state index in [0.29, 0.717) is 0 Å². The third-order valence-electron chi connectivity index (χ3n) is 5.77. The van der Waals surface area contributed by atoms with Gasteiger partial charge in [-0.15, -0.1) is 0 Å². The molecule has 0 atom stereocenters. The van der Waals surface area contributed by atoms with Gasteiger partial charge in [-0.05, 0) is 74.9 Å². The summed E-state index contributed by atoms with van der Waals surface area (Å²) in [5.41, 5.74) is 5.62. The number of rotatable bonds is 1. The molecule has 130 valence electrons. The normalized spacial score (nSPS) is 14.9. The Morgan fingerprint density at radius 3 is 1.70 bits per heavy atom. The highest BCUT2D eigenvalue weighted by atomic mass is 28.3. The molecule has 0 fully saturated rings. The summed E-state index contributed by atoms with van der Waals surface area (Å²) in [6.45, 7) is 6.14. The smallest absolute Gasteiger partial charge is 0.199 e. The van der Waals surface area contributed by atoms with Gasteiger partial charge in [-0.1, -0.05) is 72.8 Å². The molecule has 2 heteroatoms. The Bertz CT molecular complexity index is 1160. The summed E-state index contributed by atoms with van der Waals surface area (Å²) in [5, 5.41) is 5.28. The van der Waals surface area contributed by atoms with E-state index < -0.39 is 8.24 Å². The summed E-state index contributed by atoms with van der Waals surface area (Å²) in [5.74, 6) is 2.88. The molecule has 1 aliphatic rings. The van der Waals surface area contributed by atoms with Gasteiger partial charge in [0.15, 0.2) is 8.24 Å². The molecule has 0 spiro atoms. The van der Waals surface area contributed by atoms with Crippen LogP contribution in [-0.4, -0.2) is 14.1 Å². The van der Waals surface area contributed by atoms with E-state index >= 15 is 0 Å². The first kappa shape index (κ1) is 16.3. The molecule has 1 aliphatic heterocycles. The van der Waals surface area contributed by atoms with Gasteiger partial charge in [0.25, 0.3) is 0 Å². The minimum atomic E-state index is -1.91. The number of hydrogen-bond acceptors (Lipinski definition) is 1. The van der Waals surface area contributed by atoms with E-state index in [2.05, 4.69) is 91.8 Å². The Balaban J connectivity index is 1.98. The highest BCUT2D eigenvalue weighted by molar-refractivity contribution is 6.77. The van der Waals surface area contributed by atoms with Gasteiger partial charge in [0, 0.05) is 0 Å². The lowest BCUT2D eigenvalue weighted by atomic mass is 9.88. The lowest BCUT2D eigenvalue weighted by molar-refractivity contribution is 1.22. The maximum Gasteiger partial charge on any atom is 0.199 e. The fraction of sp³-hybridized carbons (Fsp3) is 0.120. The summed E-state index contributed by atoms with van der Waals surface area (Å²) in [4.78, 5) is 0. The van der Waals surface area contributed by atoms with Crippen LogP contribution in [0.5, 0.6) is 0 Å². The van der Waals surface area contributed by atoms with Crippen LogP contribution in [-0.2, 0) is 12.1 Å². The quantitative estimate of drug-likeness (QED) is 0.279. The van der Waals surface area contributed by atoms with Crippen molar-refractivity contribution >= 4 is 35.7 Å². The average Bonchev–Trinajstić information content (AvgIpc) is 2.81. The van der Waals surface area contributed by atoms with Crippen LogP contribution < -0.4 is 0 Å². The minimum Gasteiger partial charge on any atom is -0.283 e. The Morgan fingerprint density at radius 1 is 0.741 bits per heavy atom. The maximum atomic E-state index is 4.81. The molecule has 1 heterocycles. The Labute approximate surface area is 160 Å². The molecule has 0 saturated carbocycles. The van der Waals surface area contributed by atoms with Crippen molar-refractivity contribution in [3.63, 3.8) is 0 Å². The maximum absolute atomic E-state index is 4.81. The van der Waals surface area contributed by atoms with E-state index in [1.807, 2.05) is 0 Å². The van der Waals surface area contributed by atoms with E-state index in [0.717, 1.165) is 12.1 Å². The highest BCUT2D eigenvalue weighted by Crippen LogP contribution is 2.43.